The fourth-order valence-electron chi connectivity index (χ4n) is 7.83. The number of methoxy groups -OCH3 is 1. The number of aromatic amines is 1. The normalized spacial score (nSPS) is 18.2. The van der Waals surface area contributed by atoms with Crippen molar-refractivity contribution in [2.45, 2.75) is 56.5 Å². The maximum absolute atomic E-state index is 15.6. The Morgan fingerprint density at radius 1 is 1.11 bits per heavy atom. The summed E-state index contributed by atoms with van der Waals surface area (Å²) in [5.41, 5.74) is 5.26. The summed E-state index contributed by atoms with van der Waals surface area (Å²) in [6, 6.07) is 6.38. The van der Waals surface area contributed by atoms with E-state index in [1.165, 1.54) is 11.8 Å². The highest BCUT2D eigenvalue weighted by Crippen LogP contribution is 2.64. The Kier molecular flexibility index (Phi) is 8.40. The van der Waals surface area contributed by atoms with Crippen LogP contribution in [0.4, 0.5) is 36.6 Å². The predicted molar refractivity (Wildman–Crippen MR) is 181 cm³/mol. The molecule has 4 heterocycles. The van der Waals surface area contributed by atoms with E-state index in [-0.39, 0.29) is 53.6 Å². The lowest BCUT2D eigenvalue weighted by Crippen LogP contribution is -2.36. The summed E-state index contributed by atoms with van der Waals surface area (Å²) in [5, 5.41) is 11.2. The molecule has 2 aliphatic carbocycles. The van der Waals surface area contributed by atoms with E-state index in [1.807, 2.05) is 0 Å². The summed E-state index contributed by atoms with van der Waals surface area (Å²) in [5.74, 6) is -8.35. The molecule has 1 saturated carbocycles. The zero-order valence-corrected chi connectivity index (χ0v) is 29.1. The van der Waals surface area contributed by atoms with Gasteiger partial charge in [-0.05, 0) is 55.0 Å². The standard InChI is InChI=1S/C35H29ClF7N9O2/c1-51-29-17(4-6-21(36)27(29)32(44)50-51)19-11-23-33(47-24(45-23)13-54-2)48-28(19)22(9-14-7-15(37)10-16(38)8-14)46-25(53)12-52-31-26(30(49-52)35(41,42)43)18-3-5-20(18)34(31,39)40/h4,6-8,10-11,18,20,22H,3,5,9,12-13H2,1-2H3,(H2,44,50)(H,46,53)(H,45,47,48)/t18-,20+,22-/m0/s1. The SMILES string of the molecule is COCc1nc2nc([C@H](Cc3cc(F)cc(F)c3)NC(=O)Cn3nc(C(F)(F)F)c4c3C(F)(F)[C@@H]3CC[C@H]43)c(-c3ccc(Cl)c4c(N)nn(C)c34)cc2[nH]1. The second kappa shape index (κ2) is 12.7. The molecular weight excluding hydrogens is 747 g/mol. The molecule has 0 bridgehead atoms. The number of fused-ring (bicyclic) bond motifs is 5. The van der Waals surface area contributed by atoms with Crippen LogP contribution in [0.25, 0.3) is 33.2 Å². The number of rotatable bonds is 9. The Bertz CT molecular complexity index is 2470. The molecule has 0 unspecified atom stereocenters. The Balaban J connectivity index is 1.28. The van der Waals surface area contributed by atoms with Gasteiger partial charge in [0, 0.05) is 42.8 Å². The largest absolute Gasteiger partial charge is 0.435 e. The van der Waals surface area contributed by atoms with E-state index in [0.29, 0.717) is 44.1 Å². The van der Waals surface area contributed by atoms with E-state index < -0.39 is 71.0 Å². The van der Waals surface area contributed by atoms with Gasteiger partial charge in [-0.15, -0.1) is 0 Å². The van der Waals surface area contributed by atoms with Crippen molar-refractivity contribution in [1.82, 2.24) is 39.8 Å². The molecule has 2 aromatic carbocycles. The number of alkyl halides is 5. The van der Waals surface area contributed by atoms with Gasteiger partial charge in [0.05, 0.1) is 33.2 Å². The number of aromatic nitrogens is 7. The monoisotopic (exact) mass is 775 g/mol. The van der Waals surface area contributed by atoms with Crippen LogP contribution in [0.5, 0.6) is 0 Å². The van der Waals surface area contributed by atoms with Crippen LogP contribution in [0.1, 0.15) is 58.8 Å². The number of nitrogen functional groups attached to an aromatic ring is 1. The fourth-order valence-corrected chi connectivity index (χ4v) is 8.08. The van der Waals surface area contributed by atoms with Gasteiger partial charge in [-0.25, -0.2) is 18.7 Å². The summed E-state index contributed by atoms with van der Waals surface area (Å²) in [6.45, 7) is -0.948. The predicted octanol–water partition coefficient (Wildman–Crippen LogP) is 7.09. The van der Waals surface area contributed by atoms with Crippen molar-refractivity contribution in [2.24, 2.45) is 13.0 Å². The summed E-state index contributed by atoms with van der Waals surface area (Å²) in [4.78, 5) is 26.3. The Labute approximate surface area is 305 Å². The van der Waals surface area contributed by atoms with E-state index in [2.05, 4.69) is 25.5 Å². The van der Waals surface area contributed by atoms with Crippen molar-refractivity contribution in [1.29, 1.82) is 0 Å². The quantitative estimate of drug-likeness (QED) is 0.133. The van der Waals surface area contributed by atoms with Crippen molar-refractivity contribution in [3.63, 3.8) is 0 Å². The van der Waals surface area contributed by atoms with Crippen molar-refractivity contribution >= 4 is 45.4 Å². The highest BCUT2D eigenvalue weighted by Gasteiger charge is 2.63. The number of ether oxygens (including phenoxy) is 1. The number of carbonyl (C=O) groups excluding carboxylic acids is 1. The van der Waals surface area contributed by atoms with Crippen LogP contribution in [0.2, 0.25) is 5.02 Å². The van der Waals surface area contributed by atoms with E-state index in [0.717, 1.165) is 12.1 Å². The molecule has 4 N–H and O–H groups in total. The maximum atomic E-state index is 15.6. The van der Waals surface area contributed by atoms with Gasteiger partial charge in [0.25, 0.3) is 5.92 Å². The third-order valence-electron chi connectivity index (χ3n) is 10.1. The number of hydrogen-bond donors (Lipinski definition) is 3. The molecule has 3 atom stereocenters. The highest BCUT2D eigenvalue weighted by molar-refractivity contribution is 6.37. The van der Waals surface area contributed by atoms with E-state index in [1.54, 1.807) is 25.2 Å². The van der Waals surface area contributed by atoms with Crippen LogP contribution in [0.15, 0.2) is 36.4 Å². The topological polar surface area (TPSA) is 142 Å². The van der Waals surface area contributed by atoms with Crippen molar-refractivity contribution in [3.8, 4) is 11.1 Å². The van der Waals surface area contributed by atoms with Gasteiger partial charge in [-0.2, -0.15) is 32.1 Å². The summed E-state index contributed by atoms with van der Waals surface area (Å²) in [7, 11) is 3.09. The lowest BCUT2D eigenvalue weighted by molar-refractivity contribution is -0.144. The number of benzene rings is 2. The van der Waals surface area contributed by atoms with Gasteiger partial charge >= 0.3 is 6.18 Å². The molecule has 0 spiro atoms. The minimum atomic E-state index is -5.05. The first-order valence-electron chi connectivity index (χ1n) is 16.6. The van der Waals surface area contributed by atoms with Crippen LogP contribution in [0.3, 0.4) is 0 Å². The number of nitrogens with two attached hydrogens (primary N) is 1. The molecule has 8 rings (SSSR count). The molecule has 11 nitrogen and oxygen atoms in total. The number of nitrogens with one attached hydrogen (secondary N) is 2. The summed E-state index contributed by atoms with van der Waals surface area (Å²) < 4.78 is 110. The summed E-state index contributed by atoms with van der Waals surface area (Å²) >= 11 is 6.53. The van der Waals surface area contributed by atoms with Crippen molar-refractivity contribution < 1.29 is 40.3 Å². The molecule has 1 amide bonds. The molecule has 0 aliphatic heterocycles. The number of aryl methyl sites for hydroxylation is 1. The first-order chi connectivity index (χ1) is 25.5. The molecule has 0 radical (unpaired) electrons. The van der Waals surface area contributed by atoms with Crippen LogP contribution < -0.4 is 11.1 Å². The molecule has 6 aromatic rings. The van der Waals surface area contributed by atoms with E-state index >= 15 is 8.78 Å². The third-order valence-corrected chi connectivity index (χ3v) is 10.4. The van der Waals surface area contributed by atoms with E-state index in [9.17, 15) is 26.7 Å². The number of hydrogen-bond acceptors (Lipinski definition) is 7. The fraction of sp³-hybridized carbons (Fsp3) is 0.343. The van der Waals surface area contributed by atoms with Gasteiger partial charge in [0.2, 0.25) is 5.91 Å². The number of amides is 1. The third kappa shape index (κ3) is 5.82. The average molecular weight is 776 g/mol. The second-order valence-corrected chi connectivity index (χ2v) is 13.9. The van der Waals surface area contributed by atoms with Crippen LogP contribution >= 0.6 is 11.6 Å². The first kappa shape index (κ1) is 35.8. The number of carbonyl (C=O) groups is 1. The number of nitrogens with zero attached hydrogens (tertiary/aromatic N) is 6. The smallest absolute Gasteiger partial charge is 0.382 e. The Morgan fingerprint density at radius 2 is 1.85 bits per heavy atom. The van der Waals surface area contributed by atoms with Gasteiger partial charge in [0.15, 0.2) is 17.2 Å². The zero-order valence-electron chi connectivity index (χ0n) is 28.3. The van der Waals surface area contributed by atoms with Gasteiger partial charge in [-0.1, -0.05) is 17.7 Å². The number of anilines is 1. The number of halogens is 8. The molecule has 1 fully saturated rings. The number of pyridine rings is 1. The van der Waals surface area contributed by atoms with Crippen molar-refractivity contribution in [3.05, 3.63) is 87.1 Å². The van der Waals surface area contributed by atoms with Crippen LogP contribution in [0, 0.1) is 17.6 Å². The Morgan fingerprint density at radius 3 is 2.52 bits per heavy atom. The van der Waals surface area contributed by atoms with Crippen LogP contribution in [-0.4, -0.2) is 47.5 Å². The van der Waals surface area contributed by atoms with Crippen LogP contribution in [-0.2, 0) is 48.3 Å². The van der Waals surface area contributed by atoms with E-state index in [4.69, 9.17) is 27.1 Å². The molecule has 282 valence electrons. The Hall–Kier alpha value is -5.23. The minimum absolute atomic E-state index is 0.0264. The van der Waals surface area contributed by atoms with Gasteiger partial charge in [-0.3, -0.25) is 14.2 Å². The van der Waals surface area contributed by atoms with Crippen molar-refractivity contribution in [2.75, 3.05) is 12.8 Å². The number of imidazole rings is 1. The van der Waals surface area contributed by atoms with Gasteiger partial charge < -0.3 is 20.8 Å². The number of H-pyrrole nitrogens is 1. The molecule has 2 aliphatic rings. The average Bonchev–Trinajstić information content (AvgIpc) is 3.75. The molecule has 0 saturated heterocycles. The zero-order chi connectivity index (χ0) is 38.4. The first-order valence-corrected chi connectivity index (χ1v) is 17.0. The lowest BCUT2D eigenvalue weighted by Gasteiger charge is -2.34. The molecule has 54 heavy (non-hydrogen) atoms. The van der Waals surface area contributed by atoms with Gasteiger partial charge in [0.1, 0.15) is 36.3 Å². The molecule has 19 heteroatoms. The highest BCUT2D eigenvalue weighted by atomic mass is 35.5. The maximum Gasteiger partial charge on any atom is 0.435 e. The molecule has 4 aromatic heterocycles. The second-order valence-electron chi connectivity index (χ2n) is 13.5. The minimum Gasteiger partial charge on any atom is -0.382 e. The molecular formula is C35H29ClF7N9O2. The lowest BCUT2D eigenvalue weighted by atomic mass is 9.73. The summed E-state index contributed by atoms with van der Waals surface area (Å²) in [6.07, 6.45) is -5.19.